The molecule has 0 atom stereocenters. The summed E-state index contributed by atoms with van der Waals surface area (Å²) in [6.07, 6.45) is 1.50. The lowest BCUT2D eigenvalue weighted by atomic mass is 10.2. The maximum Gasteiger partial charge on any atom is 0.326 e. The van der Waals surface area contributed by atoms with Gasteiger partial charge in [0.25, 0.3) is 11.5 Å². The Kier molecular flexibility index (Phi) is 6.31. The Morgan fingerprint density at radius 3 is 2.43 bits per heavy atom. The molecule has 28 heavy (non-hydrogen) atoms. The van der Waals surface area contributed by atoms with Crippen molar-refractivity contribution in [3.63, 3.8) is 0 Å². The Bertz CT molecular complexity index is 887. The number of ether oxygens (including phenoxy) is 2. The summed E-state index contributed by atoms with van der Waals surface area (Å²) in [7, 11) is 1.64. The number of amides is 1. The number of para-hydroxylation sites is 2. The summed E-state index contributed by atoms with van der Waals surface area (Å²) in [5.74, 6) is -0.0601. The first kappa shape index (κ1) is 19.5. The van der Waals surface area contributed by atoms with Crippen molar-refractivity contribution in [2.24, 2.45) is 0 Å². The van der Waals surface area contributed by atoms with E-state index < -0.39 is 5.97 Å². The molecule has 0 radical (unpaired) electrons. The van der Waals surface area contributed by atoms with Crippen LogP contribution in [0.4, 0.5) is 5.69 Å². The van der Waals surface area contributed by atoms with E-state index in [1.807, 2.05) is 24.3 Å². The molecule has 3 rings (SSSR count). The lowest BCUT2D eigenvalue weighted by molar-refractivity contribution is -0.152. The third kappa shape index (κ3) is 4.70. The van der Waals surface area contributed by atoms with Crippen molar-refractivity contribution in [1.82, 2.24) is 9.47 Å². The summed E-state index contributed by atoms with van der Waals surface area (Å²) in [5.41, 5.74) is 0.704. The molecule has 2 heterocycles. The van der Waals surface area contributed by atoms with Crippen LogP contribution in [0.1, 0.15) is 0 Å². The van der Waals surface area contributed by atoms with E-state index in [0.29, 0.717) is 26.2 Å². The summed E-state index contributed by atoms with van der Waals surface area (Å²) in [6.45, 7) is 1.86. The third-order valence-corrected chi connectivity index (χ3v) is 4.61. The minimum atomic E-state index is -0.616. The molecule has 0 unspecified atom stereocenters. The smallest absolute Gasteiger partial charge is 0.326 e. The van der Waals surface area contributed by atoms with E-state index in [4.69, 9.17) is 9.47 Å². The second kappa shape index (κ2) is 9.07. The molecule has 8 heteroatoms. The predicted octanol–water partition coefficient (Wildman–Crippen LogP) is 0.749. The highest BCUT2D eigenvalue weighted by Crippen LogP contribution is 2.28. The molecule has 1 aliphatic heterocycles. The molecule has 0 saturated carbocycles. The molecule has 148 valence electrons. The first-order valence-corrected chi connectivity index (χ1v) is 9.05. The van der Waals surface area contributed by atoms with Gasteiger partial charge in [0.15, 0.2) is 6.61 Å². The number of nitrogens with zero attached hydrogens (tertiary/aromatic N) is 3. The van der Waals surface area contributed by atoms with Crippen LogP contribution >= 0.6 is 0 Å². The zero-order chi connectivity index (χ0) is 19.9. The van der Waals surface area contributed by atoms with E-state index in [1.54, 1.807) is 24.1 Å². The summed E-state index contributed by atoms with van der Waals surface area (Å²) >= 11 is 0. The molecule has 1 aromatic heterocycles. The van der Waals surface area contributed by atoms with E-state index >= 15 is 0 Å². The number of hydrogen-bond donors (Lipinski definition) is 0. The normalized spacial score (nSPS) is 13.9. The van der Waals surface area contributed by atoms with E-state index in [9.17, 15) is 14.4 Å². The van der Waals surface area contributed by atoms with E-state index in [-0.39, 0.29) is 24.6 Å². The quantitative estimate of drug-likeness (QED) is 0.683. The first-order valence-electron chi connectivity index (χ1n) is 9.05. The minimum Gasteiger partial charge on any atom is -0.495 e. The first-order chi connectivity index (χ1) is 13.6. The lowest BCUT2D eigenvalue weighted by Gasteiger charge is -2.36. The number of carbonyl (C=O) groups excluding carboxylic acids is 2. The van der Waals surface area contributed by atoms with Gasteiger partial charge in [-0.05, 0) is 18.2 Å². The van der Waals surface area contributed by atoms with Gasteiger partial charge in [-0.1, -0.05) is 18.2 Å². The molecule has 0 bridgehead atoms. The van der Waals surface area contributed by atoms with Crippen LogP contribution in [0.5, 0.6) is 5.75 Å². The standard InChI is InChI=1S/C20H23N3O5/c1-27-17-7-3-2-6-16(17)21-10-12-22(13-11-21)19(25)15-28-20(26)14-23-9-5-4-8-18(23)24/h2-9H,10-15H2,1H3. The lowest BCUT2D eigenvalue weighted by Crippen LogP contribution is -2.50. The molecular formula is C20H23N3O5. The molecule has 1 amide bonds. The van der Waals surface area contributed by atoms with E-state index in [0.717, 1.165) is 11.4 Å². The van der Waals surface area contributed by atoms with Crippen LogP contribution in [0.2, 0.25) is 0 Å². The zero-order valence-corrected chi connectivity index (χ0v) is 15.7. The number of esters is 1. The third-order valence-electron chi connectivity index (χ3n) is 4.61. The number of carbonyl (C=O) groups is 2. The van der Waals surface area contributed by atoms with Crippen molar-refractivity contribution in [3.05, 3.63) is 59.0 Å². The van der Waals surface area contributed by atoms with E-state index in [1.165, 1.54) is 16.8 Å². The Balaban J connectivity index is 1.47. The molecule has 0 N–H and O–H groups in total. The van der Waals surface area contributed by atoms with Gasteiger partial charge in [0.2, 0.25) is 0 Å². The largest absolute Gasteiger partial charge is 0.495 e. The van der Waals surface area contributed by atoms with Crippen molar-refractivity contribution in [2.75, 3.05) is 44.8 Å². The average molecular weight is 385 g/mol. The van der Waals surface area contributed by atoms with Crippen LogP contribution in [0, 0.1) is 0 Å². The van der Waals surface area contributed by atoms with E-state index in [2.05, 4.69) is 4.90 Å². The van der Waals surface area contributed by atoms with Gasteiger partial charge in [0.1, 0.15) is 12.3 Å². The fraction of sp³-hybridized carbons (Fsp3) is 0.350. The van der Waals surface area contributed by atoms with Crippen molar-refractivity contribution in [3.8, 4) is 5.75 Å². The number of benzene rings is 1. The molecule has 1 fully saturated rings. The van der Waals surface area contributed by atoms with Crippen LogP contribution in [0.25, 0.3) is 0 Å². The fourth-order valence-electron chi connectivity index (χ4n) is 3.10. The minimum absolute atomic E-state index is 0.214. The molecule has 1 aromatic carbocycles. The monoisotopic (exact) mass is 385 g/mol. The SMILES string of the molecule is COc1ccccc1N1CCN(C(=O)COC(=O)Cn2ccccc2=O)CC1. The molecule has 0 spiro atoms. The number of pyridine rings is 1. The van der Waals surface area contributed by atoms with Gasteiger partial charge >= 0.3 is 5.97 Å². The highest BCUT2D eigenvalue weighted by Gasteiger charge is 2.23. The summed E-state index contributed by atoms with van der Waals surface area (Å²) in [4.78, 5) is 39.6. The zero-order valence-electron chi connectivity index (χ0n) is 15.7. The highest BCUT2D eigenvalue weighted by atomic mass is 16.5. The Morgan fingerprint density at radius 2 is 1.71 bits per heavy atom. The van der Waals surface area contributed by atoms with Crippen LogP contribution in [-0.2, 0) is 20.9 Å². The average Bonchev–Trinajstić information content (AvgIpc) is 2.74. The van der Waals surface area contributed by atoms with Gasteiger partial charge in [-0.2, -0.15) is 0 Å². The predicted molar refractivity (Wildman–Crippen MR) is 103 cm³/mol. The van der Waals surface area contributed by atoms with Crippen molar-refractivity contribution in [1.29, 1.82) is 0 Å². The Hall–Kier alpha value is -3.29. The Morgan fingerprint density at radius 1 is 1.00 bits per heavy atom. The second-order valence-electron chi connectivity index (χ2n) is 6.37. The molecule has 1 aliphatic rings. The van der Waals surface area contributed by atoms with Crippen LogP contribution in [0.3, 0.4) is 0 Å². The maximum absolute atomic E-state index is 12.3. The molecular weight excluding hydrogens is 362 g/mol. The fourth-order valence-corrected chi connectivity index (χ4v) is 3.10. The molecule has 0 aliphatic carbocycles. The van der Waals surface area contributed by atoms with Crippen molar-refractivity contribution >= 4 is 17.6 Å². The molecule has 1 saturated heterocycles. The second-order valence-corrected chi connectivity index (χ2v) is 6.37. The number of aromatic nitrogens is 1. The van der Waals surface area contributed by atoms with Gasteiger partial charge in [-0.3, -0.25) is 14.4 Å². The highest BCUT2D eigenvalue weighted by molar-refractivity contribution is 5.81. The van der Waals surface area contributed by atoms with Gasteiger partial charge in [-0.25, -0.2) is 0 Å². The van der Waals surface area contributed by atoms with Crippen LogP contribution in [-0.4, -0.2) is 61.2 Å². The summed E-state index contributed by atoms with van der Waals surface area (Å²) in [6, 6.07) is 12.4. The van der Waals surface area contributed by atoms with Crippen molar-refractivity contribution < 1.29 is 19.1 Å². The molecule has 2 aromatic rings. The number of rotatable bonds is 6. The summed E-state index contributed by atoms with van der Waals surface area (Å²) < 4.78 is 11.7. The topological polar surface area (TPSA) is 81.1 Å². The maximum atomic E-state index is 12.3. The van der Waals surface area contributed by atoms with Crippen LogP contribution < -0.4 is 15.2 Å². The van der Waals surface area contributed by atoms with Gasteiger partial charge in [0, 0.05) is 38.4 Å². The molecule has 8 nitrogen and oxygen atoms in total. The van der Waals surface area contributed by atoms with Crippen LogP contribution in [0.15, 0.2) is 53.5 Å². The van der Waals surface area contributed by atoms with Gasteiger partial charge in [-0.15, -0.1) is 0 Å². The van der Waals surface area contributed by atoms with Gasteiger partial charge in [0.05, 0.1) is 12.8 Å². The number of hydrogen-bond acceptors (Lipinski definition) is 6. The van der Waals surface area contributed by atoms with Crippen molar-refractivity contribution in [2.45, 2.75) is 6.54 Å². The number of piperazine rings is 1. The van der Waals surface area contributed by atoms with Gasteiger partial charge < -0.3 is 23.8 Å². The Labute approximate surface area is 162 Å². The summed E-state index contributed by atoms with van der Waals surface area (Å²) in [5, 5.41) is 0. The number of methoxy groups -OCH3 is 1. The number of anilines is 1.